The van der Waals surface area contributed by atoms with Crippen molar-refractivity contribution in [2.24, 2.45) is 0 Å². The van der Waals surface area contributed by atoms with Gasteiger partial charge in [0.2, 0.25) is 5.82 Å². The van der Waals surface area contributed by atoms with Crippen molar-refractivity contribution >= 4 is 79.9 Å². The van der Waals surface area contributed by atoms with Crippen LogP contribution in [0.5, 0.6) is 5.75 Å². The van der Waals surface area contributed by atoms with Crippen LogP contribution in [0.1, 0.15) is 16.7 Å². The molecule has 9 rings (SSSR count). The van der Waals surface area contributed by atoms with Gasteiger partial charge in [-0.05, 0) is 103 Å². The molecule has 26 nitrogen and oxygen atoms in total. The van der Waals surface area contributed by atoms with Gasteiger partial charge in [-0.25, -0.2) is 33.7 Å². The molecule has 0 saturated heterocycles. The zero-order chi connectivity index (χ0) is 64.8. The van der Waals surface area contributed by atoms with Crippen molar-refractivity contribution in [3.05, 3.63) is 241 Å². The molecular weight excluding hydrogens is 1260 g/mol. The van der Waals surface area contributed by atoms with E-state index in [-0.39, 0.29) is 53.9 Å². The van der Waals surface area contributed by atoms with Gasteiger partial charge in [0.15, 0.2) is 0 Å². The van der Waals surface area contributed by atoms with Crippen LogP contribution in [0.2, 0.25) is 0 Å². The smallest absolute Gasteiger partial charge is 0.418 e. The molecule has 1 heterocycles. The number of anilines is 4. The molecule has 0 amide bonds. The number of H-pyrrole nitrogens is 1. The van der Waals surface area contributed by atoms with Crippen molar-refractivity contribution in [1.29, 1.82) is 0 Å². The van der Waals surface area contributed by atoms with E-state index >= 15 is 0 Å². The van der Waals surface area contributed by atoms with Gasteiger partial charge in [0, 0.05) is 42.0 Å². The van der Waals surface area contributed by atoms with Crippen LogP contribution in [0.3, 0.4) is 0 Å². The number of sulfonamides is 4. The third-order valence-electron chi connectivity index (χ3n) is 11.3. The number of aromatic nitrogens is 4. The molecule has 0 bridgehead atoms. The topological polar surface area (TPSA) is 389 Å². The van der Waals surface area contributed by atoms with E-state index in [1.165, 1.54) is 66.7 Å². The maximum absolute atomic E-state index is 13.0. The highest BCUT2D eigenvalue weighted by Crippen LogP contribution is 2.37. The van der Waals surface area contributed by atoms with Crippen molar-refractivity contribution in [2.75, 3.05) is 18.9 Å². The number of para-hydroxylation sites is 5. The van der Waals surface area contributed by atoms with E-state index in [0.29, 0.717) is 11.3 Å². The summed E-state index contributed by atoms with van der Waals surface area (Å²) in [7, 11) is -16.3. The molecule has 0 aliphatic carbocycles. The fraction of sp³-hybridized carbons (Fsp3) is 0.0577. The molecule has 8 aromatic carbocycles. The molecule has 0 fully saturated rings. The number of halogens is 6. The summed E-state index contributed by atoms with van der Waals surface area (Å²) >= 11 is 0. The van der Waals surface area contributed by atoms with Crippen LogP contribution in [0.15, 0.2) is 214 Å². The lowest BCUT2D eigenvalue weighted by atomic mass is 10.2. The number of tetrazole rings is 1. The molecular formula is C52H41F6N11O15S4. The number of aromatic amines is 1. The number of nitro benzene ring substituents is 3. The summed E-state index contributed by atoms with van der Waals surface area (Å²) in [4.78, 5) is 28.8. The van der Waals surface area contributed by atoms with Gasteiger partial charge in [-0.15, -0.1) is 10.2 Å². The Hall–Kier alpha value is -10.6. The molecule has 1 aromatic heterocycles. The number of non-ortho nitro benzene ring substituents is 3. The lowest BCUT2D eigenvalue weighted by Gasteiger charge is -2.14. The van der Waals surface area contributed by atoms with E-state index in [2.05, 4.69) is 30.1 Å². The molecule has 0 atom stereocenters. The third-order valence-corrected chi connectivity index (χ3v) is 16.8. The number of nitrogens with zero attached hydrogens (tertiary/aromatic N) is 6. The number of rotatable bonds is 16. The fourth-order valence-corrected chi connectivity index (χ4v) is 11.5. The van der Waals surface area contributed by atoms with E-state index in [1.54, 1.807) is 49.4 Å². The first-order chi connectivity index (χ1) is 41.2. The minimum Gasteiger partial charge on any atom is -0.506 e. The molecule has 36 heteroatoms. The van der Waals surface area contributed by atoms with Gasteiger partial charge in [0.1, 0.15) is 5.75 Å². The van der Waals surface area contributed by atoms with E-state index in [4.69, 9.17) is 0 Å². The Labute approximate surface area is 494 Å². The molecule has 0 radical (unpaired) electrons. The highest BCUT2D eigenvalue weighted by Gasteiger charge is 2.36. The van der Waals surface area contributed by atoms with Gasteiger partial charge >= 0.3 is 12.4 Å². The summed E-state index contributed by atoms with van der Waals surface area (Å²) in [5.74, 6) is -0.0503. The quantitative estimate of drug-likeness (QED) is 0.0226. The monoisotopic (exact) mass is 1300 g/mol. The van der Waals surface area contributed by atoms with Crippen LogP contribution in [-0.4, -0.2) is 74.2 Å². The number of aromatic hydroxyl groups is 1. The van der Waals surface area contributed by atoms with Gasteiger partial charge in [0.05, 0.1) is 68.2 Å². The number of benzene rings is 8. The highest BCUT2D eigenvalue weighted by molar-refractivity contribution is 7.93. The van der Waals surface area contributed by atoms with Crippen molar-refractivity contribution in [3.63, 3.8) is 0 Å². The summed E-state index contributed by atoms with van der Waals surface area (Å²) in [5, 5.41) is 54.3. The average Bonchev–Trinajstić information content (AvgIpc) is 1.30. The first kappa shape index (κ1) is 66.5. The molecule has 0 saturated carbocycles. The second-order valence-electron chi connectivity index (χ2n) is 17.4. The van der Waals surface area contributed by atoms with Gasteiger partial charge < -0.3 is 5.11 Å². The number of nitro groups is 3. The van der Waals surface area contributed by atoms with E-state index in [0.717, 1.165) is 90.5 Å². The van der Waals surface area contributed by atoms with Gasteiger partial charge in [-0.3, -0.25) is 49.2 Å². The SMILES string of the molecule is Cc1ccccc1NS(=O)(=O)c1cccc([N+](=O)[O-])c1.O=S(=O)(Nc1ccccc1C(F)(F)F)c1cccc(-c2nn[nH]n2)c1.O=[N+]([O-])c1ccc(S(=O)(=O)Nc2ccccc2C(F)(F)F)cc1.O=[N+]([O-])c1ccc(S(=O)(=O)Nc2ccccc2O)cc1. The number of phenols is 1. The zero-order valence-corrected chi connectivity index (χ0v) is 47.5. The van der Waals surface area contributed by atoms with Crippen LogP contribution in [0.25, 0.3) is 11.4 Å². The Morgan fingerprint density at radius 1 is 0.432 bits per heavy atom. The Balaban J connectivity index is 0.000000188. The summed E-state index contributed by atoms with van der Waals surface area (Å²) in [6.45, 7) is 1.77. The van der Waals surface area contributed by atoms with Crippen molar-refractivity contribution < 1.29 is 79.9 Å². The molecule has 0 aliphatic rings. The molecule has 6 N–H and O–H groups in total. The molecule has 88 heavy (non-hydrogen) atoms. The minimum absolute atomic E-state index is 0.0332. The fourth-order valence-electron chi connectivity index (χ4n) is 7.05. The van der Waals surface area contributed by atoms with Gasteiger partial charge in [-0.1, -0.05) is 72.8 Å². The second-order valence-corrected chi connectivity index (χ2v) is 24.1. The van der Waals surface area contributed by atoms with Crippen LogP contribution in [-0.2, 0) is 52.4 Å². The second kappa shape index (κ2) is 27.6. The minimum atomic E-state index is -4.73. The van der Waals surface area contributed by atoms with Crippen molar-refractivity contribution in [1.82, 2.24) is 20.6 Å². The summed E-state index contributed by atoms with van der Waals surface area (Å²) in [6, 6.07) is 39.8. The van der Waals surface area contributed by atoms with Crippen LogP contribution in [0, 0.1) is 37.3 Å². The maximum atomic E-state index is 13.0. The average molecular weight is 1300 g/mol. The molecule has 460 valence electrons. The largest absolute Gasteiger partial charge is 0.506 e. The first-order valence-corrected chi connectivity index (χ1v) is 30.0. The summed E-state index contributed by atoms with van der Waals surface area (Å²) < 4.78 is 184. The van der Waals surface area contributed by atoms with Crippen molar-refractivity contribution in [2.45, 2.75) is 38.9 Å². The predicted octanol–water partition coefficient (Wildman–Crippen LogP) is 10.9. The summed E-state index contributed by atoms with van der Waals surface area (Å²) in [5.41, 5.74) is -2.60. The Kier molecular flexibility index (Phi) is 20.9. The molecule has 0 spiro atoms. The van der Waals surface area contributed by atoms with Crippen LogP contribution < -0.4 is 18.9 Å². The Morgan fingerprint density at radius 3 is 1.23 bits per heavy atom. The van der Waals surface area contributed by atoms with Crippen molar-refractivity contribution in [3.8, 4) is 17.1 Å². The third kappa shape index (κ3) is 18.0. The molecule has 0 aliphatic heterocycles. The Morgan fingerprint density at radius 2 is 0.807 bits per heavy atom. The van der Waals surface area contributed by atoms with Gasteiger partial charge in [-0.2, -0.15) is 31.6 Å². The number of hydrogen-bond donors (Lipinski definition) is 6. The highest BCUT2D eigenvalue weighted by atomic mass is 32.2. The maximum Gasteiger partial charge on any atom is 0.418 e. The van der Waals surface area contributed by atoms with E-state index in [9.17, 15) is 95.5 Å². The number of nitrogens with one attached hydrogen (secondary N) is 5. The standard InChI is InChI=1S/C14H10F3N5O2S.C13H9F3N2O4S.C13H12N2O4S.C12H10N2O5S/c15-14(16,17)11-6-1-2-7-12(11)20-25(23,24)10-5-3-4-9(8-10)13-18-21-22-19-13;14-13(15,16)11-3-1-2-4-12(11)17-23(21,22)10-7-5-9(6-8-10)18(19)20;1-10-5-2-3-8-13(10)14-20(18,19)12-7-4-6-11(9-12)15(16)17;15-12-4-2-1-3-11(12)13-20(18,19)10-7-5-9(6-8-10)14(16)17/h1-8,20H,(H,18,19,21,22);1-8,17H;2-9,14H,1H3;1-8,13,15H. The lowest BCUT2D eigenvalue weighted by Crippen LogP contribution is -2.17. The van der Waals surface area contributed by atoms with Gasteiger partial charge in [0.25, 0.3) is 57.2 Å². The Bertz CT molecular complexity index is 4460. The number of aryl methyl sites for hydroxylation is 1. The van der Waals surface area contributed by atoms with E-state index in [1.807, 2.05) is 9.44 Å². The number of hydrogen-bond acceptors (Lipinski definition) is 18. The predicted molar refractivity (Wildman–Crippen MR) is 304 cm³/mol. The molecule has 0 unspecified atom stereocenters. The zero-order valence-electron chi connectivity index (χ0n) is 44.2. The van der Waals surface area contributed by atoms with Crippen LogP contribution in [0.4, 0.5) is 66.2 Å². The number of phenolic OH excluding ortho intramolecular Hbond substituents is 1. The first-order valence-electron chi connectivity index (χ1n) is 24.0. The number of alkyl halides is 6. The van der Waals surface area contributed by atoms with Crippen LogP contribution >= 0.6 is 0 Å². The summed E-state index contributed by atoms with van der Waals surface area (Å²) in [6.07, 6.45) is -9.42. The normalized spacial score (nSPS) is 11.6. The lowest BCUT2D eigenvalue weighted by molar-refractivity contribution is -0.385. The van der Waals surface area contributed by atoms with E-state index < -0.39 is 89.7 Å². The molecule has 9 aromatic rings.